The van der Waals surface area contributed by atoms with Crippen LogP contribution in [0.25, 0.3) is 11.3 Å². The van der Waals surface area contributed by atoms with Gasteiger partial charge in [0, 0.05) is 30.8 Å². The summed E-state index contributed by atoms with van der Waals surface area (Å²) in [6, 6.07) is 16.2. The van der Waals surface area contributed by atoms with Crippen molar-refractivity contribution >= 4 is 29.0 Å². The van der Waals surface area contributed by atoms with E-state index in [0.29, 0.717) is 33.2 Å². The quantitative estimate of drug-likeness (QED) is 0.590. The van der Waals surface area contributed by atoms with Crippen LogP contribution >= 0.6 is 11.6 Å². The van der Waals surface area contributed by atoms with Gasteiger partial charge in [0.25, 0.3) is 5.91 Å². The lowest BCUT2D eigenvalue weighted by Gasteiger charge is -2.14. The van der Waals surface area contributed by atoms with E-state index in [1.165, 1.54) is 0 Å². The number of nitrogens with one attached hydrogen (secondary N) is 3. The Kier molecular flexibility index (Phi) is 5.47. The molecule has 27 heavy (non-hydrogen) atoms. The van der Waals surface area contributed by atoms with E-state index in [2.05, 4.69) is 20.8 Å². The molecule has 0 spiro atoms. The lowest BCUT2D eigenvalue weighted by Crippen LogP contribution is -2.18. The van der Waals surface area contributed by atoms with Gasteiger partial charge in [0.05, 0.1) is 16.3 Å². The first-order valence-corrected chi connectivity index (χ1v) is 8.65. The third-order valence-corrected chi connectivity index (χ3v) is 4.48. The zero-order chi connectivity index (χ0) is 19.4. The molecule has 6 nitrogen and oxygen atoms in total. The van der Waals surface area contributed by atoms with Crippen LogP contribution in [-0.4, -0.2) is 35.9 Å². The van der Waals surface area contributed by atoms with Crippen molar-refractivity contribution in [1.29, 1.82) is 5.41 Å². The van der Waals surface area contributed by atoms with Crippen LogP contribution in [0.1, 0.15) is 21.5 Å². The van der Waals surface area contributed by atoms with E-state index in [4.69, 9.17) is 17.0 Å². The van der Waals surface area contributed by atoms with Crippen LogP contribution < -0.4 is 10.6 Å². The molecule has 0 bridgehead atoms. The molecule has 3 N–H and O–H groups in total. The summed E-state index contributed by atoms with van der Waals surface area (Å²) in [5.41, 5.74) is 3.13. The molecule has 3 rings (SSSR count). The number of hydrogen-bond acceptors (Lipinski definition) is 5. The number of rotatable bonds is 5. The number of halogens is 1. The first-order chi connectivity index (χ1) is 13.1. The van der Waals surface area contributed by atoms with Crippen LogP contribution in [0.3, 0.4) is 0 Å². The molecule has 0 unspecified atom stereocenters. The average molecular weight is 380 g/mol. The van der Waals surface area contributed by atoms with Crippen molar-refractivity contribution < 1.29 is 4.79 Å². The summed E-state index contributed by atoms with van der Waals surface area (Å²) in [4.78, 5) is 11.7. The fourth-order valence-corrected chi connectivity index (χ4v) is 3.01. The molecule has 0 fully saturated rings. The maximum atomic E-state index is 11.7. The molecule has 7 heteroatoms. The molecule has 1 aromatic heterocycles. The highest BCUT2D eigenvalue weighted by Gasteiger charge is 2.20. The van der Waals surface area contributed by atoms with Crippen molar-refractivity contribution in [2.45, 2.75) is 0 Å². The Morgan fingerprint density at radius 1 is 0.963 bits per heavy atom. The Hall–Kier alpha value is -3.25. The number of hydrogen-bond donors (Lipinski definition) is 3. The topological polar surface area (TPSA) is 90.8 Å². The first kappa shape index (κ1) is 18.5. The summed E-state index contributed by atoms with van der Waals surface area (Å²) in [5, 5.41) is 22.9. The van der Waals surface area contributed by atoms with Crippen LogP contribution in [0.2, 0.25) is 5.02 Å². The van der Waals surface area contributed by atoms with Gasteiger partial charge in [-0.3, -0.25) is 10.2 Å². The molecule has 1 amide bonds. The standard InChI is InChI=1S/C20H18ClN5O/c1-23-19-15(16(21)18(25-26-19)13-6-4-3-5-7-13)17(22)12-8-10-14(11-9-12)20(27)24-2/h3-11,22H,1-2H3,(H,23,26)(H,24,27). The Morgan fingerprint density at radius 3 is 2.19 bits per heavy atom. The van der Waals surface area contributed by atoms with Gasteiger partial charge in [-0.25, -0.2) is 0 Å². The number of amides is 1. The highest BCUT2D eigenvalue weighted by Crippen LogP contribution is 2.33. The minimum atomic E-state index is -0.182. The molecule has 0 aliphatic carbocycles. The minimum absolute atomic E-state index is 0.182. The summed E-state index contributed by atoms with van der Waals surface area (Å²) < 4.78 is 0. The second-order valence-corrected chi connectivity index (χ2v) is 6.11. The number of benzene rings is 2. The normalized spacial score (nSPS) is 10.3. The molecular formula is C20H18ClN5O. The second kappa shape index (κ2) is 7.97. The Morgan fingerprint density at radius 2 is 1.59 bits per heavy atom. The summed E-state index contributed by atoms with van der Waals surface area (Å²) in [6.07, 6.45) is 0. The van der Waals surface area contributed by atoms with Crippen LogP contribution in [0.4, 0.5) is 5.82 Å². The third kappa shape index (κ3) is 3.66. The fraction of sp³-hybridized carbons (Fsp3) is 0.100. The van der Waals surface area contributed by atoms with E-state index < -0.39 is 0 Å². The first-order valence-electron chi connectivity index (χ1n) is 8.27. The van der Waals surface area contributed by atoms with Gasteiger partial charge in [0.2, 0.25) is 0 Å². The van der Waals surface area contributed by atoms with Crippen molar-refractivity contribution in [3.63, 3.8) is 0 Å². The number of aromatic nitrogens is 2. The van der Waals surface area contributed by atoms with E-state index in [9.17, 15) is 4.79 Å². The zero-order valence-electron chi connectivity index (χ0n) is 14.9. The Bertz CT molecular complexity index is 987. The molecule has 136 valence electrons. The number of carbonyl (C=O) groups excluding carboxylic acids is 1. The largest absolute Gasteiger partial charge is 0.371 e. The van der Waals surface area contributed by atoms with Gasteiger partial charge >= 0.3 is 0 Å². The number of carbonyl (C=O) groups is 1. The number of nitrogens with zero attached hydrogens (tertiary/aromatic N) is 2. The van der Waals surface area contributed by atoms with E-state index in [1.807, 2.05) is 30.3 Å². The second-order valence-electron chi connectivity index (χ2n) is 5.73. The van der Waals surface area contributed by atoms with Crippen molar-refractivity contribution in [1.82, 2.24) is 15.5 Å². The highest BCUT2D eigenvalue weighted by atomic mass is 35.5. The monoisotopic (exact) mass is 379 g/mol. The van der Waals surface area contributed by atoms with Gasteiger partial charge in [-0.1, -0.05) is 54.1 Å². The zero-order valence-corrected chi connectivity index (χ0v) is 15.6. The Balaban J connectivity index is 2.07. The van der Waals surface area contributed by atoms with Crippen molar-refractivity contribution in [2.75, 3.05) is 19.4 Å². The minimum Gasteiger partial charge on any atom is -0.371 e. The molecular weight excluding hydrogens is 362 g/mol. The third-order valence-electron chi connectivity index (χ3n) is 4.11. The van der Waals surface area contributed by atoms with Gasteiger partial charge in [0.1, 0.15) is 5.69 Å². The van der Waals surface area contributed by atoms with Crippen molar-refractivity contribution in [3.05, 3.63) is 76.3 Å². The molecule has 0 atom stereocenters. The molecule has 0 aliphatic heterocycles. The summed E-state index contributed by atoms with van der Waals surface area (Å²) in [5.74, 6) is 0.235. The SMILES string of the molecule is CNC(=O)c1ccc(C(=N)c2c(NC)nnc(-c3ccccc3)c2Cl)cc1. The van der Waals surface area contributed by atoms with Crippen LogP contribution in [-0.2, 0) is 0 Å². The summed E-state index contributed by atoms with van der Waals surface area (Å²) in [7, 11) is 3.28. The molecule has 0 radical (unpaired) electrons. The van der Waals surface area contributed by atoms with Gasteiger partial charge in [-0.2, -0.15) is 0 Å². The highest BCUT2D eigenvalue weighted by molar-refractivity contribution is 6.38. The predicted octanol–water partition coefficient (Wildman–Crippen LogP) is 3.61. The molecule has 3 aromatic rings. The summed E-state index contributed by atoms with van der Waals surface area (Å²) >= 11 is 6.63. The van der Waals surface area contributed by atoms with Crippen LogP contribution in [0, 0.1) is 5.41 Å². The average Bonchev–Trinajstić information content (AvgIpc) is 2.73. The van der Waals surface area contributed by atoms with Gasteiger partial charge < -0.3 is 10.6 Å². The predicted molar refractivity (Wildman–Crippen MR) is 108 cm³/mol. The molecule has 0 aliphatic rings. The maximum Gasteiger partial charge on any atom is 0.251 e. The smallest absolute Gasteiger partial charge is 0.251 e. The molecule has 0 saturated carbocycles. The van der Waals surface area contributed by atoms with Crippen molar-refractivity contribution in [3.8, 4) is 11.3 Å². The van der Waals surface area contributed by atoms with E-state index in [0.717, 1.165) is 5.56 Å². The van der Waals surface area contributed by atoms with Crippen LogP contribution in [0.15, 0.2) is 54.6 Å². The fourth-order valence-electron chi connectivity index (χ4n) is 2.68. The molecule has 2 aromatic carbocycles. The Labute approximate surface area is 162 Å². The lowest BCUT2D eigenvalue weighted by atomic mass is 10.00. The van der Waals surface area contributed by atoms with Crippen LogP contribution in [0.5, 0.6) is 0 Å². The van der Waals surface area contributed by atoms with Gasteiger partial charge in [-0.05, 0) is 12.1 Å². The van der Waals surface area contributed by atoms with Gasteiger partial charge in [-0.15, -0.1) is 10.2 Å². The lowest BCUT2D eigenvalue weighted by molar-refractivity contribution is 0.0963. The molecule has 0 saturated heterocycles. The van der Waals surface area contributed by atoms with E-state index in [-0.39, 0.29) is 11.6 Å². The maximum absolute atomic E-state index is 11.7. The number of anilines is 1. The van der Waals surface area contributed by atoms with Gasteiger partial charge in [0.15, 0.2) is 5.82 Å². The van der Waals surface area contributed by atoms with Crippen molar-refractivity contribution in [2.24, 2.45) is 0 Å². The van der Waals surface area contributed by atoms with E-state index >= 15 is 0 Å². The molecule has 1 heterocycles. The summed E-state index contributed by atoms with van der Waals surface area (Å²) in [6.45, 7) is 0. The van der Waals surface area contributed by atoms with E-state index in [1.54, 1.807) is 38.4 Å².